The molecule has 0 aromatic heterocycles. The summed E-state index contributed by atoms with van der Waals surface area (Å²) in [5.74, 6) is 0. The highest BCUT2D eigenvalue weighted by atomic mass is 14.7. The summed E-state index contributed by atoms with van der Waals surface area (Å²) >= 11 is 0. The summed E-state index contributed by atoms with van der Waals surface area (Å²) < 4.78 is 0. The summed E-state index contributed by atoms with van der Waals surface area (Å²) in [7, 11) is 0. The van der Waals surface area contributed by atoms with Crippen molar-refractivity contribution in [3.05, 3.63) is 23.8 Å². The van der Waals surface area contributed by atoms with E-state index in [-0.39, 0.29) is 0 Å². The fourth-order valence-corrected chi connectivity index (χ4v) is 0.753. The fraction of sp³-hybridized carbons (Fsp3) is 0.286. The van der Waals surface area contributed by atoms with Gasteiger partial charge in [0, 0.05) is 0 Å². The molecule has 8 heavy (non-hydrogen) atoms. The van der Waals surface area contributed by atoms with Crippen molar-refractivity contribution >= 4 is 6.72 Å². The minimum atomic E-state index is 0.774. The third-order valence-corrected chi connectivity index (χ3v) is 1.14. The van der Waals surface area contributed by atoms with Gasteiger partial charge in [0.25, 0.3) is 0 Å². The highest BCUT2D eigenvalue weighted by Gasteiger charge is 1.92. The average Bonchev–Trinajstić information content (AvgIpc) is 2.19. The Labute approximate surface area is 49.4 Å². The quantitative estimate of drug-likeness (QED) is 0.475. The maximum absolute atomic E-state index is 3.75. The predicted molar refractivity (Wildman–Crippen MR) is 36.3 cm³/mol. The third kappa shape index (κ3) is 1.06. The summed E-state index contributed by atoms with van der Waals surface area (Å²) in [5, 5.41) is 0. The number of hydrogen-bond acceptors (Lipinski definition) is 1. The van der Waals surface area contributed by atoms with Crippen LogP contribution < -0.4 is 0 Å². The molecule has 0 aliphatic heterocycles. The van der Waals surface area contributed by atoms with E-state index in [1.165, 1.54) is 5.57 Å². The van der Waals surface area contributed by atoms with Crippen LogP contribution in [-0.4, -0.2) is 13.3 Å². The second-order valence-electron chi connectivity index (χ2n) is 1.80. The van der Waals surface area contributed by atoms with Crippen molar-refractivity contribution in [3.8, 4) is 0 Å². The summed E-state index contributed by atoms with van der Waals surface area (Å²) in [4.78, 5) is 3.75. The Balaban J connectivity index is 2.45. The van der Waals surface area contributed by atoms with Crippen molar-refractivity contribution in [2.24, 2.45) is 4.99 Å². The Morgan fingerprint density at radius 3 is 3.12 bits per heavy atom. The van der Waals surface area contributed by atoms with Gasteiger partial charge in [0.2, 0.25) is 0 Å². The number of hydrogen-bond donors (Lipinski definition) is 0. The zero-order valence-corrected chi connectivity index (χ0v) is 4.80. The van der Waals surface area contributed by atoms with Crippen molar-refractivity contribution in [3.63, 3.8) is 0 Å². The van der Waals surface area contributed by atoms with E-state index in [2.05, 4.69) is 29.9 Å². The van der Waals surface area contributed by atoms with Gasteiger partial charge in [-0.2, -0.15) is 0 Å². The molecule has 0 radical (unpaired) electrons. The van der Waals surface area contributed by atoms with Gasteiger partial charge in [-0.25, -0.2) is 0 Å². The number of rotatable bonds is 2. The highest BCUT2D eigenvalue weighted by molar-refractivity contribution is 5.31. The van der Waals surface area contributed by atoms with Crippen LogP contribution in [-0.2, 0) is 0 Å². The van der Waals surface area contributed by atoms with Crippen molar-refractivity contribution in [1.29, 1.82) is 0 Å². The van der Waals surface area contributed by atoms with Crippen LogP contribution in [0.25, 0.3) is 0 Å². The van der Waals surface area contributed by atoms with Gasteiger partial charge < -0.3 is 0 Å². The molecule has 0 bridgehead atoms. The van der Waals surface area contributed by atoms with Gasteiger partial charge in [0.1, 0.15) is 0 Å². The minimum Gasteiger partial charge on any atom is -0.296 e. The zero-order chi connectivity index (χ0) is 5.82. The van der Waals surface area contributed by atoms with Crippen molar-refractivity contribution < 1.29 is 0 Å². The van der Waals surface area contributed by atoms with Crippen LogP contribution in [0, 0.1) is 0 Å². The van der Waals surface area contributed by atoms with Gasteiger partial charge in [-0.1, -0.05) is 18.2 Å². The van der Waals surface area contributed by atoms with Crippen molar-refractivity contribution in [2.45, 2.75) is 6.42 Å². The average molecular weight is 107 g/mol. The molecule has 1 heteroatoms. The van der Waals surface area contributed by atoms with Gasteiger partial charge in [0.15, 0.2) is 0 Å². The molecule has 1 aliphatic rings. The standard InChI is InChI=1S/C7H9N/c1-8-6-7-4-2-3-5-7/h2,4-5H,1,3,6H2. The lowest BCUT2D eigenvalue weighted by atomic mass is 10.3. The first-order valence-corrected chi connectivity index (χ1v) is 2.71. The first-order valence-electron chi connectivity index (χ1n) is 2.71. The van der Waals surface area contributed by atoms with E-state index < -0.39 is 0 Å². The smallest absolute Gasteiger partial charge is 0.0629 e. The van der Waals surface area contributed by atoms with Crippen LogP contribution >= 0.6 is 0 Å². The molecule has 0 unspecified atom stereocenters. The van der Waals surface area contributed by atoms with Gasteiger partial charge in [0.05, 0.1) is 6.54 Å². The van der Waals surface area contributed by atoms with E-state index in [4.69, 9.17) is 0 Å². The van der Waals surface area contributed by atoms with E-state index >= 15 is 0 Å². The van der Waals surface area contributed by atoms with Gasteiger partial charge in [-0.3, -0.25) is 4.99 Å². The molecule has 0 fully saturated rings. The molecule has 0 saturated heterocycles. The van der Waals surface area contributed by atoms with Crippen molar-refractivity contribution in [2.75, 3.05) is 6.54 Å². The predicted octanol–water partition coefficient (Wildman–Crippen LogP) is 1.57. The molecule has 0 aromatic rings. The van der Waals surface area contributed by atoms with E-state index in [0.717, 1.165) is 13.0 Å². The van der Waals surface area contributed by atoms with E-state index in [9.17, 15) is 0 Å². The number of aliphatic imine (C=N–C) groups is 1. The second-order valence-corrected chi connectivity index (χ2v) is 1.80. The summed E-state index contributed by atoms with van der Waals surface area (Å²) in [6, 6.07) is 0. The molecule has 0 atom stereocenters. The molecule has 0 amide bonds. The third-order valence-electron chi connectivity index (χ3n) is 1.14. The minimum absolute atomic E-state index is 0.774. The zero-order valence-electron chi connectivity index (χ0n) is 4.80. The number of nitrogens with zero attached hydrogens (tertiary/aromatic N) is 1. The van der Waals surface area contributed by atoms with Crippen molar-refractivity contribution in [1.82, 2.24) is 0 Å². The Kier molecular flexibility index (Phi) is 1.62. The molecule has 1 aliphatic carbocycles. The Bertz CT molecular complexity index is 142. The fourth-order valence-electron chi connectivity index (χ4n) is 0.753. The van der Waals surface area contributed by atoms with Gasteiger partial charge in [-0.05, 0) is 18.7 Å². The molecule has 1 rings (SSSR count). The molecular formula is C7H9N. The van der Waals surface area contributed by atoms with Gasteiger partial charge >= 0.3 is 0 Å². The van der Waals surface area contributed by atoms with E-state index in [1.807, 2.05) is 0 Å². The largest absolute Gasteiger partial charge is 0.296 e. The lowest BCUT2D eigenvalue weighted by Crippen LogP contribution is -1.77. The van der Waals surface area contributed by atoms with Crippen LogP contribution in [0.1, 0.15) is 6.42 Å². The topological polar surface area (TPSA) is 12.4 Å². The summed E-state index contributed by atoms with van der Waals surface area (Å²) in [6.45, 7) is 4.17. The molecule has 0 heterocycles. The maximum atomic E-state index is 3.75. The highest BCUT2D eigenvalue weighted by Crippen LogP contribution is 2.07. The monoisotopic (exact) mass is 107 g/mol. The van der Waals surface area contributed by atoms with E-state index in [0.29, 0.717) is 0 Å². The van der Waals surface area contributed by atoms with Gasteiger partial charge in [-0.15, -0.1) is 0 Å². The molecule has 0 saturated carbocycles. The molecule has 0 spiro atoms. The second kappa shape index (κ2) is 2.46. The molecule has 1 nitrogen and oxygen atoms in total. The van der Waals surface area contributed by atoms with Crippen LogP contribution in [0.5, 0.6) is 0 Å². The Morgan fingerprint density at radius 1 is 1.75 bits per heavy atom. The van der Waals surface area contributed by atoms with E-state index in [1.54, 1.807) is 0 Å². The lowest BCUT2D eigenvalue weighted by Gasteiger charge is -1.86. The molecule has 0 aromatic carbocycles. The molecule has 42 valence electrons. The molecular weight excluding hydrogens is 98.1 g/mol. The van der Waals surface area contributed by atoms with Crippen LogP contribution in [0.2, 0.25) is 0 Å². The summed E-state index contributed by atoms with van der Waals surface area (Å²) in [6.07, 6.45) is 7.45. The van der Waals surface area contributed by atoms with Crippen LogP contribution in [0.15, 0.2) is 28.8 Å². The van der Waals surface area contributed by atoms with Crippen LogP contribution in [0.3, 0.4) is 0 Å². The Morgan fingerprint density at radius 2 is 2.62 bits per heavy atom. The van der Waals surface area contributed by atoms with Crippen LogP contribution in [0.4, 0.5) is 0 Å². The normalized spacial score (nSPS) is 16.2. The first kappa shape index (κ1) is 5.29. The lowest BCUT2D eigenvalue weighted by molar-refractivity contribution is 1.20. The summed E-state index contributed by atoms with van der Waals surface area (Å²) in [5.41, 5.74) is 1.29. The number of allylic oxidation sites excluding steroid dienone is 2. The molecule has 0 N–H and O–H groups in total. The SMILES string of the molecule is C=NCC1=CCC=C1. The Hall–Kier alpha value is -0.850. The first-order chi connectivity index (χ1) is 3.93. The maximum Gasteiger partial charge on any atom is 0.0629 e.